The van der Waals surface area contributed by atoms with Gasteiger partial charge < -0.3 is 5.73 Å². The largest absolute Gasteiger partial charge is 0.399 e. The Morgan fingerprint density at radius 1 is 1.19 bits per heavy atom. The van der Waals surface area contributed by atoms with Gasteiger partial charge in [0.2, 0.25) is 10.0 Å². The van der Waals surface area contributed by atoms with Crippen LogP contribution in [0.25, 0.3) is 0 Å². The smallest absolute Gasteiger partial charge is 0.242 e. The molecule has 0 aliphatic heterocycles. The maximum Gasteiger partial charge on any atom is 0.242 e. The molecule has 0 saturated carbocycles. The molecule has 4 nitrogen and oxygen atoms in total. The molecule has 0 fully saturated rings. The number of nitrogens with two attached hydrogens (primary N) is 1. The summed E-state index contributed by atoms with van der Waals surface area (Å²) in [7, 11) is -3.61. The highest BCUT2D eigenvalue weighted by Crippen LogP contribution is 2.24. The molecule has 2 aromatic rings. The lowest BCUT2D eigenvalue weighted by atomic mass is 10.1. The van der Waals surface area contributed by atoms with E-state index in [1.807, 2.05) is 37.3 Å². The predicted molar refractivity (Wildman–Crippen MR) is 88.5 cm³/mol. The zero-order valence-electron chi connectivity index (χ0n) is 11.6. The average Bonchev–Trinajstić information content (AvgIpc) is 2.41. The number of halogens is 1. The molecule has 2 aromatic carbocycles. The molecule has 2 rings (SSSR count). The molecule has 6 heteroatoms. The second-order valence-corrected chi connectivity index (χ2v) is 7.44. The minimum Gasteiger partial charge on any atom is -0.399 e. The molecular formula is C15H17BrN2O2S. The molecule has 1 unspecified atom stereocenters. The van der Waals surface area contributed by atoms with Crippen molar-refractivity contribution < 1.29 is 8.42 Å². The lowest BCUT2D eigenvalue weighted by Gasteiger charge is -2.15. The predicted octanol–water partition coefficient (Wildman–Crippen LogP) is 2.94. The molecule has 0 radical (unpaired) electrons. The van der Waals surface area contributed by atoms with Crippen molar-refractivity contribution in [3.8, 4) is 0 Å². The fourth-order valence-corrected chi connectivity index (χ4v) is 4.31. The topological polar surface area (TPSA) is 72.2 Å². The normalized spacial score (nSPS) is 13.0. The van der Waals surface area contributed by atoms with Crippen molar-refractivity contribution in [3.63, 3.8) is 0 Å². The Labute approximate surface area is 133 Å². The van der Waals surface area contributed by atoms with E-state index in [0.29, 0.717) is 16.6 Å². The number of hydrogen-bond donors (Lipinski definition) is 2. The van der Waals surface area contributed by atoms with Gasteiger partial charge in [0, 0.05) is 16.2 Å². The molecule has 0 aliphatic rings. The molecule has 0 heterocycles. The third-order valence-electron chi connectivity index (χ3n) is 2.99. The summed E-state index contributed by atoms with van der Waals surface area (Å²) in [5.41, 5.74) is 7.16. The van der Waals surface area contributed by atoms with Gasteiger partial charge in [0.25, 0.3) is 0 Å². The first-order valence-electron chi connectivity index (χ1n) is 6.50. The molecule has 1 atom stereocenters. The molecule has 112 valence electrons. The summed E-state index contributed by atoms with van der Waals surface area (Å²) in [5.74, 6) is 0. The molecular weight excluding hydrogens is 352 g/mol. The number of nitrogen functional groups attached to an aromatic ring is 1. The van der Waals surface area contributed by atoms with Crippen LogP contribution in [0.3, 0.4) is 0 Å². The van der Waals surface area contributed by atoms with Crippen molar-refractivity contribution >= 4 is 31.6 Å². The standard InChI is InChI=1S/C15H17BrN2O2S/c1-11(9-12-5-3-2-4-6-12)18-21(19,20)15-10-13(17)7-8-14(15)16/h2-8,10-11,18H,9,17H2,1H3. The van der Waals surface area contributed by atoms with E-state index < -0.39 is 10.0 Å². The van der Waals surface area contributed by atoms with Crippen LogP contribution >= 0.6 is 15.9 Å². The summed E-state index contributed by atoms with van der Waals surface area (Å²) >= 11 is 3.25. The molecule has 0 amide bonds. The SMILES string of the molecule is CC(Cc1ccccc1)NS(=O)(=O)c1cc(N)ccc1Br. The first-order valence-corrected chi connectivity index (χ1v) is 8.77. The zero-order chi connectivity index (χ0) is 15.5. The second kappa shape index (κ2) is 6.60. The van der Waals surface area contributed by atoms with Crippen molar-refractivity contribution in [3.05, 3.63) is 58.6 Å². The Morgan fingerprint density at radius 3 is 2.52 bits per heavy atom. The third-order valence-corrected chi connectivity index (χ3v) is 5.57. The van der Waals surface area contributed by atoms with Crippen molar-refractivity contribution in [1.29, 1.82) is 0 Å². The molecule has 0 aliphatic carbocycles. The van der Waals surface area contributed by atoms with Crippen molar-refractivity contribution in [1.82, 2.24) is 4.72 Å². The quantitative estimate of drug-likeness (QED) is 0.796. The lowest BCUT2D eigenvalue weighted by Crippen LogP contribution is -2.34. The minimum absolute atomic E-state index is 0.155. The first kappa shape index (κ1) is 16.0. The van der Waals surface area contributed by atoms with Gasteiger partial charge in [-0.1, -0.05) is 30.3 Å². The molecule has 3 N–H and O–H groups in total. The van der Waals surface area contributed by atoms with Crippen LogP contribution in [0.2, 0.25) is 0 Å². The summed E-state index contributed by atoms with van der Waals surface area (Å²) in [4.78, 5) is 0.155. The Balaban J connectivity index is 2.15. The van der Waals surface area contributed by atoms with E-state index in [-0.39, 0.29) is 10.9 Å². The monoisotopic (exact) mass is 368 g/mol. The Kier molecular flexibility index (Phi) is 5.03. The second-order valence-electron chi connectivity index (χ2n) is 4.90. The van der Waals surface area contributed by atoms with Crippen LogP contribution in [0.1, 0.15) is 12.5 Å². The Morgan fingerprint density at radius 2 is 1.86 bits per heavy atom. The fourth-order valence-electron chi connectivity index (χ4n) is 2.06. The molecule has 0 bridgehead atoms. The summed E-state index contributed by atoms with van der Waals surface area (Å²) in [6, 6.07) is 14.3. The number of anilines is 1. The lowest BCUT2D eigenvalue weighted by molar-refractivity contribution is 0.559. The van der Waals surface area contributed by atoms with Crippen LogP contribution in [0, 0.1) is 0 Å². The highest BCUT2D eigenvalue weighted by atomic mass is 79.9. The van der Waals surface area contributed by atoms with Gasteiger partial charge in [-0.25, -0.2) is 13.1 Å². The summed E-state index contributed by atoms with van der Waals surface area (Å²) < 4.78 is 28.0. The van der Waals surface area contributed by atoms with Gasteiger partial charge in [-0.15, -0.1) is 0 Å². The van der Waals surface area contributed by atoms with E-state index in [4.69, 9.17) is 5.73 Å². The van der Waals surface area contributed by atoms with Crippen LogP contribution in [-0.4, -0.2) is 14.5 Å². The Hall–Kier alpha value is -1.37. The Bertz CT molecular complexity index is 718. The van der Waals surface area contributed by atoms with E-state index in [9.17, 15) is 8.42 Å². The van der Waals surface area contributed by atoms with Crippen LogP contribution in [0.15, 0.2) is 57.9 Å². The van der Waals surface area contributed by atoms with Crippen molar-refractivity contribution in [2.75, 3.05) is 5.73 Å². The molecule has 21 heavy (non-hydrogen) atoms. The van der Waals surface area contributed by atoms with Gasteiger partial charge in [0.1, 0.15) is 0 Å². The van der Waals surface area contributed by atoms with E-state index in [1.54, 1.807) is 12.1 Å². The van der Waals surface area contributed by atoms with Gasteiger partial charge in [-0.05, 0) is 53.0 Å². The maximum atomic E-state index is 12.4. The van der Waals surface area contributed by atoms with E-state index >= 15 is 0 Å². The molecule has 0 saturated heterocycles. The van der Waals surface area contributed by atoms with Crippen LogP contribution in [-0.2, 0) is 16.4 Å². The highest BCUT2D eigenvalue weighted by molar-refractivity contribution is 9.10. The van der Waals surface area contributed by atoms with Crippen LogP contribution < -0.4 is 10.5 Å². The van der Waals surface area contributed by atoms with Gasteiger partial charge >= 0.3 is 0 Å². The number of benzene rings is 2. The van der Waals surface area contributed by atoms with Crippen molar-refractivity contribution in [2.24, 2.45) is 0 Å². The van der Waals surface area contributed by atoms with Crippen LogP contribution in [0.5, 0.6) is 0 Å². The number of nitrogens with one attached hydrogen (secondary N) is 1. The first-order chi connectivity index (χ1) is 9.88. The third kappa shape index (κ3) is 4.30. The zero-order valence-corrected chi connectivity index (χ0v) is 14.0. The van der Waals surface area contributed by atoms with Gasteiger partial charge in [0.15, 0.2) is 0 Å². The maximum absolute atomic E-state index is 12.4. The van der Waals surface area contributed by atoms with Crippen molar-refractivity contribution in [2.45, 2.75) is 24.3 Å². The summed E-state index contributed by atoms with van der Waals surface area (Å²) in [6.07, 6.45) is 0.625. The summed E-state index contributed by atoms with van der Waals surface area (Å²) in [6.45, 7) is 1.84. The summed E-state index contributed by atoms with van der Waals surface area (Å²) in [5, 5.41) is 0. The highest BCUT2D eigenvalue weighted by Gasteiger charge is 2.20. The van der Waals surface area contributed by atoms with Gasteiger partial charge in [-0.3, -0.25) is 0 Å². The van der Waals surface area contributed by atoms with E-state index in [2.05, 4.69) is 20.7 Å². The van der Waals surface area contributed by atoms with Crippen LogP contribution in [0.4, 0.5) is 5.69 Å². The van der Waals surface area contributed by atoms with Gasteiger partial charge in [0.05, 0.1) is 4.90 Å². The number of sulfonamides is 1. The van der Waals surface area contributed by atoms with Gasteiger partial charge in [-0.2, -0.15) is 0 Å². The minimum atomic E-state index is -3.61. The molecule has 0 spiro atoms. The van der Waals surface area contributed by atoms with E-state index in [1.165, 1.54) is 6.07 Å². The number of hydrogen-bond acceptors (Lipinski definition) is 3. The molecule has 0 aromatic heterocycles. The van der Waals surface area contributed by atoms with E-state index in [0.717, 1.165) is 5.56 Å². The average molecular weight is 369 g/mol. The number of rotatable bonds is 5. The fraction of sp³-hybridized carbons (Fsp3) is 0.200.